The summed E-state index contributed by atoms with van der Waals surface area (Å²) in [5.41, 5.74) is -1.25. The topological polar surface area (TPSA) is 43.8 Å². The highest BCUT2D eigenvalue weighted by Crippen LogP contribution is 2.15. The van der Waals surface area contributed by atoms with Crippen molar-refractivity contribution in [2.24, 2.45) is 5.92 Å². The van der Waals surface area contributed by atoms with Gasteiger partial charge in [0.25, 0.3) is 5.91 Å². The minimum atomic E-state index is -1.25. The molecule has 1 aliphatic heterocycles. The Morgan fingerprint density at radius 2 is 2.00 bits per heavy atom. The zero-order valence-electron chi connectivity index (χ0n) is 11.7. The molecule has 0 aliphatic carbocycles. The first kappa shape index (κ1) is 14.5. The molecule has 17 heavy (non-hydrogen) atoms. The summed E-state index contributed by atoms with van der Waals surface area (Å²) in [6.07, 6.45) is 0. The molecule has 0 aromatic rings. The molecule has 1 aliphatic rings. The Balaban J connectivity index is 2.55. The second-order valence-corrected chi connectivity index (χ2v) is 6.05. The fourth-order valence-corrected chi connectivity index (χ4v) is 2.31. The van der Waals surface area contributed by atoms with E-state index in [1.165, 1.54) is 0 Å². The number of nitrogens with zero attached hydrogens (tertiary/aromatic N) is 2. The highest BCUT2D eigenvalue weighted by Gasteiger charge is 2.33. The molecule has 100 valence electrons. The number of carbonyl (C=O) groups excluding carboxylic acids is 1. The Morgan fingerprint density at radius 1 is 1.41 bits per heavy atom. The molecule has 0 radical (unpaired) electrons. The lowest BCUT2D eigenvalue weighted by Crippen LogP contribution is -2.57. The van der Waals surface area contributed by atoms with Crippen LogP contribution in [0.15, 0.2) is 0 Å². The third kappa shape index (κ3) is 3.96. The van der Waals surface area contributed by atoms with Crippen LogP contribution in [-0.4, -0.2) is 58.6 Å². The number of piperazine rings is 1. The van der Waals surface area contributed by atoms with Gasteiger partial charge < -0.3 is 10.0 Å². The monoisotopic (exact) mass is 242 g/mol. The van der Waals surface area contributed by atoms with Gasteiger partial charge in [-0.2, -0.15) is 0 Å². The molecular formula is C13H26N2O2. The van der Waals surface area contributed by atoms with Crippen molar-refractivity contribution in [3.8, 4) is 0 Å². The van der Waals surface area contributed by atoms with Crippen molar-refractivity contribution in [3.63, 3.8) is 0 Å². The third-order valence-corrected chi connectivity index (χ3v) is 3.18. The normalized spacial score (nSPS) is 23.2. The van der Waals surface area contributed by atoms with E-state index >= 15 is 0 Å². The molecule has 1 atom stereocenters. The molecule has 0 aromatic heterocycles. The number of amides is 1. The predicted octanol–water partition coefficient (Wildman–Crippen LogP) is 0.946. The van der Waals surface area contributed by atoms with Crippen LogP contribution >= 0.6 is 0 Å². The molecule has 0 unspecified atom stereocenters. The summed E-state index contributed by atoms with van der Waals surface area (Å²) in [5.74, 6) is 0.488. The number of rotatable bonds is 3. The van der Waals surface area contributed by atoms with Crippen molar-refractivity contribution in [1.29, 1.82) is 0 Å². The smallest absolute Gasteiger partial charge is 0.254 e. The van der Waals surface area contributed by atoms with E-state index in [1.54, 1.807) is 18.7 Å². The second-order valence-electron chi connectivity index (χ2n) is 6.05. The van der Waals surface area contributed by atoms with Crippen molar-refractivity contribution in [2.75, 3.05) is 26.2 Å². The van der Waals surface area contributed by atoms with E-state index in [-0.39, 0.29) is 5.91 Å². The molecule has 0 aromatic carbocycles. The first-order chi connectivity index (χ1) is 7.71. The standard InChI is InChI=1S/C13H26N2O2/c1-10(2)8-14-6-7-15(9-11(14)3)12(16)13(4,5)17/h10-11,17H,6-9H2,1-5H3/t11-/m0/s1. The zero-order chi connectivity index (χ0) is 13.2. The van der Waals surface area contributed by atoms with E-state index < -0.39 is 5.60 Å². The highest BCUT2D eigenvalue weighted by molar-refractivity contribution is 5.84. The molecule has 1 rings (SSSR count). The maximum atomic E-state index is 12.0. The van der Waals surface area contributed by atoms with Crippen LogP contribution in [0.5, 0.6) is 0 Å². The number of aliphatic hydroxyl groups is 1. The maximum absolute atomic E-state index is 12.0. The van der Waals surface area contributed by atoms with Crippen molar-refractivity contribution in [1.82, 2.24) is 9.80 Å². The molecule has 1 saturated heterocycles. The molecule has 1 heterocycles. The van der Waals surface area contributed by atoms with Gasteiger partial charge in [-0.25, -0.2) is 0 Å². The first-order valence-electron chi connectivity index (χ1n) is 6.47. The summed E-state index contributed by atoms with van der Waals surface area (Å²) in [6.45, 7) is 13.1. The molecule has 4 nitrogen and oxygen atoms in total. The minimum absolute atomic E-state index is 0.159. The zero-order valence-corrected chi connectivity index (χ0v) is 11.7. The molecular weight excluding hydrogens is 216 g/mol. The molecule has 0 spiro atoms. The fraction of sp³-hybridized carbons (Fsp3) is 0.923. The molecule has 1 amide bonds. The van der Waals surface area contributed by atoms with Gasteiger partial charge in [-0.05, 0) is 26.7 Å². The summed E-state index contributed by atoms with van der Waals surface area (Å²) in [5, 5.41) is 9.73. The van der Waals surface area contributed by atoms with Gasteiger partial charge in [0.2, 0.25) is 0 Å². The Morgan fingerprint density at radius 3 is 2.41 bits per heavy atom. The van der Waals surface area contributed by atoms with Crippen LogP contribution in [-0.2, 0) is 4.79 Å². The van der Waals surface area contributed by atoms with Gasteiger partial charge in [0.1, 0.15) is 5.60 Å². The SMILES string of the molecule is CC(C)CN1CCN(C(=O)C(C)(C)O)C[C@@H]1C. The molecule has 1 N–H and O–H groups in total. The van der Waals surface area contributed by atoms with Crippen LogP contribution in [0, 0.1) is 5.92 Å². The van der Waals surface area contributed by atoms with E-state index in [0.717, 1.165) is 26.2 Å². The average molecular weight is 242 g/mol. The van der Waals surface area contributed by atoms with Gasteiger partial charge >= 0.3 is 0 Å². The van der Waals surface area contributed by atoms with E-state index in [9.17, 15) is 9.90 Å². The largest absolute Gasteiger partial charge is 0.381 e. The van der Waals surface area contributed by atoms with Crippen LogP contribution in [0.2, 0.25) is 0 Å². The van der Waals surface area contributed by atoms with E-state index in [0.29, 0.717) is 12.0 Å². The second kappa shape index (κ2) is 5.36. The molecule has 0 bridgehead atoms. The number of hydrogen-bond acceptors (Lipinski definition) is 3. The van der Waals surface area contributed by atoms with Crippen LogP contribution in [0.4, 0.5) is 0 Å². The van der Waals surface area contributed by atoms with Gasteiger partial charge in [-0.15, -0.1) is 0 Å². The van der Waals surface area contributed by atoms with Gasteiger partial charge in [0.05, 0.1) is 0 Å². The van der Waals surface area contributed by atoms with E-state index in [1.807, 2.05) is 0 Å². The van der Waals surface area contributed by atoms with E-state index in [2.05, 4.69) is 25.7 Å². The van der Waals surface area contributed by atoms with Crippen LogP contribution in [0.25, 0.3) is 0 Å². The summed E-state index contributed by atoms with van der Waals surface area (Å²) in [4.78, 5) is 16.1. The first-order valence-corrected chi connectivity index (χ1v) is 6.47. The Hall–Kier alpha value is -0.610. The van der Waals surface area contributed by atoms with Crippen LogP contribution < -0.4 is 0 Å². The average Bonchev–Trinajstić information content (AvgIpc) is 2.18. The molecule has 4 heteroatoms. The fourth-order valence-electron chi connectivity index (χ4n) is 2.31. The summed E-state index contributed by atoms with van der Waals surface area (Å²) >= 11 is 0. The van der Waals surface area contributed by atoms with Gasteiger partial charge in [-0.3, -0.25) is 9.69 Å². The third-order valence-electron chi connectivity index (χ3n) is 3.18. The number of hydrogen-bond donors (Lipinski definition) is 1. The van der Waals surface area contributed by atoms with Crippen LogP contribution in [0.1, 0.15) is 34.6 Å². The van der Waals surface area contributed by atoms with Crippen LogP contribution in [0.3, 0.4) is 0 Å². The number of carbonyl (C=O) groups is 1. The maximum Gasteiger partial charge on any atom is 0.254 e. The lowest BCUT2D eigenvalue weighted by molar-refractivity contribution is -0.150. The summed E-state index contributed by atoms with van der Waals surface area (Å²) in [6, 6.07) is 0.373. The lowest BCUT2D eigenvalue weighted by atomic mass is 10.1. The lowest BCUT2D eigenvalue weighted by Gasteiger charge is -2.42. The van der Waals surface area contributed by atoms with Gasteiger partial charge in [-0.1, -0.05) is 13.8 Å². The van der Waals surface area contributed by atoms with Crippen molar-refractivity contribution in [2.45, 2.75) is 46.3 Å². The summed E-state index contributed by atoms with van der Waals surface area (Å²) in [7, 11) is 0. The quantitative estimate of drug-likeness (QED) is 0.801. The predicted molar refractivity (Wildman–Crippen MR) is 68.8 cm³/mol. The Bertz CT molecular complexity index is 271. The Kier molecular flexibility index (Phi) is 4.55. The van der Waals surface area contributed by atoms with Gasteiger partial charge in [0, 0.05) is 32.2 Å². The van der Waals surface area contributed by atoms with Crippen molar-refractivity contribution in [3.05, 3.63) is 0 Å². The Labute approximate surface area is 105 Å². The van der Waals surface area contributed by atoms with E-state index in [4.69, 9.17) is 0 Å². The van der Waals surface area contributed by atoms with Gasteiger partial charge in [0.15, 0.2) is 0 Å². The molecule has 0 saturated carbocycles. The minimum Gasteiger partial charge on any atom is -0.381 e. The van der Waals surface area contributed by atoms with Crippen molar-refractivity contribution >= 4 is 5.91 Å². The highest BCUT2D eigenvalue weighted by atomic mass is 16.3. The summed E-state index contributed by atoms with van der Waals surface area (Å²) < 4.78 is 0. The molecule has 1 fully saturated rings. The van der Waals surface area contributed by atoms with Crippen molar-refractivity contribution < 1.29 is 9.90 Å².